The van der Waals surface area contributed by atoms with E-state index in [0.717, 1.165) is 25.7 Å². The molecule has 2 saturated heterocycles. The molecule has 0 aliphatic carbocycles. The normalized spacial score (nSPS) is 33.6. The molecule has 7 heteroatoms. The second kappa shape index (κ2) is 7.40. The summed E-state index contributed by atoms with van der Waals surface area (Å²) < 4.78 is 28.9. The minimum atomic E-state index is -3.33. The van der Waals surface area contributed by atoms with Crippen molar-refractivity contribution >= 4 is 22.6 Å². The number of nitrogens with two attached hydrogens (primary N) is 1. The molecular weight excluding hydrogens is 298 g/mol. The molecule has 2 rings (SSSR count). The second-order valence-electron chi connectivity index (χ2n) is 6.15. The van der Waals surface area contributed by atoms with Crippen LogP contribution >= 0.6 is 12.4 Å². The first kappa shape index (κ1) is 18.2. The SMILES string of the molecule is CC1CCCN(S(=O)(=O)N2CCCC(C)C2CN)C1.Cl. The van der Waals surface area contributed by atoms with Gasteiger partial charge < -0.3 is 5.73 Å². The molecule has 0 amide bonds. The number of hydrogen-bond donors (Lipinski definition) is 1. The molecule has 0 aromatic heterocycles. The lowest BCUT2D eigenvalue weighted by Crippen LogP contribution is -2.56. The third-order valence-corrected chi connectivity index (χ3v) is 6.58. The summed E-state index contributed by atoms with van der Waals surface area (Å²) in [5.41, 5.74) is 5.81. The average molecular weight is 326 g/mol. The van der Waals surface area contributed by atoms with Crippen molar-refractivity contribution in [2.45, 2.75) is 45.6 Å². The maximum absolute atomic E-state index is 12.8. The Hall–Kier alpha value is 0.120. The Morgan fingerprint density at radius 3 is 2.40 bits per heavy atom. The predicted octanol–water partition coefficient (Wildman–Crippen LogP) is 1.44. The van der Waals surface area contributed by atoms with Gasteiger partial charge in [-0.05, 0) is 37.5 Å². The fraction of sp³-hybridized carbons (Fsp3) is 1.00. The van der Waals surface area contributed by atoms with E-state index in [0.29, 0.717) is 38.0 Å². The van der Waals surface area contributed by atoms with Crippen LogP contribution in [0.15, 0.2) is 0 Å². The molecule has 120 valence electrons. The summed E-state index contributed by atoms with van der Waals surface area (Å²) in [6.45, 7) is 6.60. The number of rotatable bonds is 3. The van der Waals surface area contributed by atoms with E-state index in [1.54, 1.807) is 8.61 Å². The molecule has 20 heavy (non-hydrogen) atoms. The van der Waals surface area contributed by atoms with Gasteiger partial charge in [0, 0.05) is 32.2 Å². The molecule has 2 fully saturated rings. The molecule has 2 aliphatic rings. The Labute approximate surface area is 129 Å². The molecule has 0 bridgehead atoms. The van der Waals surface area contributed by atoms with Crippen molar-refractivity contribution < 1.29 is 8.42 Å². The molecule has 2 heterocycles. The Kier molecular flexibility index (Phi) is 6.73. The summed E-state index contributed by atoms with van der Waals surface area (Å²) in [6.07, 6.45) is 4.12. The fourth-order valence-electron chi connectivity index (χ4n) is 3.35. The quantitative estimate of drug-likeness (QED) is 0.854. The topological polar surface area (TPSA) is 66.6 Å². The van der Waals surface area contributed by atoms with E-state index in [1.165, 1.54) is 0 Å². The maximum Gasteiger partial charge on any atom is 0.282 e. The van der Waals surface area contributed by atoms with Gasteiger partial charge in [-0.25, -0.2) is 0 Å². The molecule has 0 aromatic rings. The summed E-state index contributed by atoms with van der Waals surface area (Å²) in [5.74, 6) is 0.817. The van der Waals surface area contributed by atoms with Gasteiger partial charge in [0.2, 0.25) is 0 Å². The largest absolute Gasteiger partial charge is 0.329 e. The summed E-state index contributed by atoms with van der Waals surface area (Å²) >= 11 is 0. The van der Waals surface area contributed by atoms with Crippen molar-refractivity contribution in [3.63, 3.8) is 0 Å². The lowest BCUT2D eigenvalue weighted by molar-refractivity contribution is 0.171. The summed E-state index contributed by atoms with van der Waals surface area (Å²) in [5, 5.41) is 0. The molecule has 3 unspecified atom stereocenters. The Morgan fingerprint density at radius 2 is 1.80 bits per heavy atom. The highest BCUT2D eigenvalue weighted by molar-refractivity contribution is 7.86. The zero-order valence-corrected chi connectivity index (χ0v) is 14.1. The van der Waals surface area contributed by atoms with E-state index in [4.69, 9.17) is 5.73 Å². The average Bonchev–Trinajstić information content (AvgIpc) is 2.38. The molecular formula is C13H28ClN3O2S. The van der Waals surface area contributed by atoms with Gasteiger partial charge in [0.1, 0.15) is 0 Å². The van der Waals surface area contributed by atoms with Crippen molar-refractivity contribution in [1.82, 2.24) is 8.61 Å². The standard InChI is InChI=1S/C13H27N3O2S.ClH/c1-11-5-3-7-15(10-11)19(17,18)16-8-4-6-12(2)13(16)9-14;/h11-13H,3-10,14H2,1-2H3;1H. The highest BCUT2D eigenvalue weighted by Crippen LogP contribution is 2.28. The number of piperidine rings is 2. The van der Waals surface area contributed by atoms with Crippen LogP contribution in [-0.2, 0) is 10.2 Å². The van der Waals surface area contributed by atoms with Gasteiger partial charge in [-0.3, -0.25) is 0 Å². The van der Waals surface area contributed by atoms with Crippen molar-refractivity contribution in [2.24, 2.45) is 17.6 Å². The van der Waals surface area contributed by atoms with E-state index < -0.39 is 10.2 Å². The fourth-order valence-corrected chi connectivity index (χ4v) is 5.45. The zero-order valence-electron chi connectivity index (χ0n) is 12.5. The molecule has 0 radical (unpaired) electrons. The van der Waals surface area contributed by atoms with Crippen molar-refractivity contribution in [3.8, 4) is 0 Å². The van der Waals surface area contributed by atoms with Gasteiger partial charge in [-0.2, -0.15) is 17.0 Å². The first-order valence-corrected chi connectivity index (χ1v) is 8.83. The van der Waals surface area contributed by atoms with E-state index in [9.17, 15) is 8.42 Å². The Morgan fingerprint density at radius 1 is 1.15 bits per heavy atom. The van der Waals surface area contributed by atoms with Crippen LogP contribution < -0.4 is 5.73 Å². The molecule has 2 N–H and O–H groups in total. The van der Waals surface area contributed by atoms with Crippen LogP contribution in [0.3, 0.4) is 0 Å². The van der Waals surface area contributed by atoms with Gasteiger partial charge in [-0.1, -0.05) is 13.8 Å². The third-order valence-electron chi connectivity index (χ3n) is 4.55. The second-order valence-corrected chi connectivity index (χ2v) is 8.03. The highest BCUT2D eigenvalue weighted by Gasteiger charge is 2.39. The van der Waals surface area contributed by atoms with E-state index in [-0.39, 0.29) is 18.4 Å². The number of nitrogens with zero attached hydrogens (tertiary/aromatic N) is 2. The predicted molar refractivity (Wildman–Crippen MR) is 84.1 cm³/mol. The van der Waals surface area contributed by atoms with Gasteiger partial charge in [0.25, 0.3) is 10.2 Å². The molecule has 5 nitrogen and oxygen atoms in total. The Balaban J connectivity index is 0.00000200. The van der Waals surface area contributed by atoms with Crippen LogP contribution in [0.1, 0.15) is 39.5 Å². The lowest BCUT2D eigenvalue weighted by Gasteiger charge is -2.42. The van der Waals surface area contributed by atoms with Crippen LogP contribution in [0, 0.1) is 11.8 Å². The minimum Gasteiger partial charge on any atom is -0.329 e. The highest BCUT2D eigenvalue weighted by atomic mass is 35.5. The van der Waals surface area contributed by atoms with E-state index in [1.807, 2.05) is 0 Å². The van der Waals surface area contributed by atoms with Crippen LogP contribution in [-0.4, -0.2) is 49.2 Å². The molecule has 0 aromatic carbocycles. The van der Waals surface area contributed by atoms with Crippen molar-refractivity contribution in [3.05, 3.63) is 0 Å². The number of halogens is 1. The molecule has 0 saturated carbocycles. The molecule has 3 atom stereocenters. The van der Waals surface area contributed by atoms with Crippen molar-refractivity contribution in [2.75, 3.05) is 26.2 Å². The van der Waals surface area contributed by atoms with Crippen LogP contribution in [0.4, 0.5) is 0 Å². The van der Waals surface area contributed by atoms with Gasteiger partial charge in [0.05, 0.1) is 0 Å². The maximum atomic E-state index is 12.8. The summed E-state index contributed by atoms with van der Waals surface area (Å²) in [6, 6.07) is -0.0315. The van der Waals surface area contributed by atoms with Crippen LogP contribution in [0.25, 0.3) is 0 Å². The minimum absolute atomic E-state index is 0. The third kappa shape index (κ3) is 3.65. The lowest BCUT2D eigenvalue weighted by atomic mass is 9.93. The first-order valence-electron chi connectivity index (χ1n) is 7.43. The van der Waals surface area contributed by atoms with Crippen molar-refractivity contribution in [1.29, 1.82) is 0 Å². The van der Waals surface area contributed by atoms with E-state index in [2.05, 4.69) is 13.8 Å². The number of hydrogen-bond acceptors (Lipinski definition) is 3. The van der Waals surface area contributed by atoms with Crippen LogP contribution in [0.5, 0.6) is 0 Å². The Bertz CT molecular complexity index is 404. The monoisotopic (exact) mass is 325 g/mol. The van der Waals surface area contributed by atoms with E-state index >= 15 is 0 Å². The van der Waals surface area contributed by atoms with Crippen LogP contribution in [0.2, 0.25) is 0 Å². The summed E-state index contributed by atoms with van der Waals surface area (Å²) in [7, 11) is -3.33. The first-order chi connectivity index (χ1) is 8.96. The molecule has 0 spiro atoms. The smallest absolute Gasteiger partial charge is 0.282 e. The van der Waals surface area contributed by atoms with Gasteiger partial charge in [0.15, 0.2) is 0 Å². The van der Waals surface area contributed by atoms with Gasteiger partial charge >= 0.3 is 0 Å². The molecule has 2 aliphatic heterocycles. The van der Waals surface area contributed by atoms with Gasteiger partial charge in [-0.15, -0.1) is 12.4 Å². The summed E-state index contributed by atoms with van der Waals surface area (Å²) in [4.78, 5) is 0. The zero-order chi connectivity index (χ0) is 14.0.